The second-order valence-corrected chi connectivity index (χ2v) is 7.77. The van der Waals surface area contributed by atoms with Crippen molar-refractivity contribution in [3.63, 3.8) is 0 Å². The van der Waals surface area contributed by atoms with Crippen LogP contribution in [-0.2, 0) is 12.7 Å². The van der Waals surface area contributed by atoms with E-state index in [2.05, 4.69) is 14.9 Å². The molecule has 0 fully saturated rings. The fourth-order valence-electron chi connectivity index (χ4n) is 2.71. The number of hydrogen-bond acceptors (Lipinski definition) is 5. The molecule has 2 N–H and O–H groups in total. The number of rotatable bonds is 8. The largest absolute Gasteiger partial charge is 0.416 e. The second kappa shape index (κ2) is 9.47. The lowest BCUT2D eigenvalue weighted by molar-refractivity contribution is -0.137. The van der Waals surface area contributed by atoms with Crippen LogP contribution in [0.5, 0.6) is 0 Å². The third-order valence-corrected chi connectivity index (χ3v) is 5.11. The summed E-state index contributed by atoms with van der Waals surface area (Å²) in [7, 11) is 4.06. The molecular weight excluding hydrogens is 397 g/mol. The molecule has 0 atom stereocenters. The highest BCUT2D eigenvalue weighted by Gasteiger charge is 2.29. The van der Waals surface area contributed by atoms with Gasteiger partial charge in [0.15, 0.2) is 0 Å². The summed E-state index contributed by atoms with van der Waals surface area (Å²) >= 11 is 1.26. The maximum absolute atomic E-state index is 12.7. The van der Waals surface area contributed by atoms with Crippen molar-refractivity contribution in [2.24, 2.45) is 0 Å². The third kappa shape index (κ3) is 6.09. The topological polar surface area (TPSA) is 40.2 Å². The molecule has 154 valence electrons. The monoisotopic (exact) mass is 420 g/mol. The number of anilines is 1. The number of alkyl halides is 3. The number of benzene rings is 2. The Bertz CT molecular complexity index is 943. The Balaban J connectivity index is 1.69. The summed E-state index contributed by atoms with van der Waals surface area (Å²) in [6.07, 6.45) is -4.33. The van der Waals surface area contributed by atoms with Crippen LogP contribution in [0.2, 0.25) is 0 Å². The molecule has 29 heavy (non-hydrogen) atoms. The molecule has 0 aliphatic rings. The van der Waals surface area contributed by atoms with Gasteiger partial charge in [-0.3, -0.25) is 0 Å². The highest BCUT2D eigenvalue weighted by Crippen LogP contribution is 2.32. The van der Waals surface area contributed by atoms with Gasteiger partial charge in [-0.1, -0.05) is 18.2 Å². The minimum absolute atomic E-state index is 0.653. The molecule has 4 nitrogen and oxygen atoms in total. The zero-order valence-corrected chi connectivity index (χ0v) is 17.1. The number of aromatic nitrogens is 1. The zero-order valence-electron chi connectivity index (χ0n) is 16.3. The van der Waals surface area contributed by atoms with Gasteiger partial charge in [0.1, 0.15) is 0 Å². The first-order chi connectivity index (χ1) is 13.8. The van der Waals surface area contributed by atoms with Gasteiger partial charge in [-0.25, -0.2) is 4.98 Å². The van der Waals surface area contributed by atoms with E-state index in [1.54, 1.807) is 0 Å². The highest BCUT2D eigenvalue weighted by molar-refractivity contribution is 8.00. The molecule has 0 amide bonds. The van der Waals surface area contributed by atoms with E-state index in [1.807, 2.05) is 44.4 Å². The summed E-state index contributed by atoms with van der Waals surface area (Å²) in [4.78, 5) is 7.55. The summed E-state index contributed by atoms with van der Waals surface area (Å²) in [6, 6.07) is 14.9. The van der Waals surface area contributed by atoms with Gasteiger partial charge >= 0.3 is 6.18 Å². The molecule has 2 aromatic carbocycles. The molecule has 3 aromatic rings. The molecule has 8 heteroatoms. The highest BCUT2D eigenvalue weighted by atomic mass is 32.2. The Morgan fingerprint density at radius 1 is 1.00 bits per heavy atom. The van der Waals surface area contributed by atoms with Crippen LogP contribution in [-0.4, -0.2) is 37.1 Å². The summed E-state index contributed by atoms with van der Waals surface area (Å²) in [5, 5.41) is 4.37. The number of pyridine rings is 1. The lowest BCUT2D eigenvalue weighted by Crippen LogP contribution is -2.26. The number of likely N-dealkylation sites (N-methyl/N-ethyl adjacent to an activating group) is 1. The summed E-state index contributed by atoms with van der Waals surface area (Å²) in [6.45, 7) is 2.49. The number of hydrogen-bond donors (Lipinski definition) is 2. The molecule has 0 aliphatic carbocycles. The molecule has 0 bridgehead atoms. The van der Waals surface area contributed by atoms with Crippen LogP contribution in [0, 0.1) is 0 Å². The maximum Gasteiger partial charge on any atom is 0.416 e. The van der Waals surface area contributed by atoms with Gasteiger partial charge in [0, 0.05) is 29.9 Å². The van der Waals surface area contributed by atoms with E-state index >= 15 is 0 Å². The molecule has 1 heterocycles. The van der Waals surface area contributed by atoms with Crippen LogP contribution in [0.15, 0.2) is 59.5 Å². The van der Waals surface area contributed by atoms with E-state index in [4.69, 9.17) is 4.98 Å². The lowest BCUT2D eigenvalue weighted by atomic mass is 10.2. The molecular formula is C21H23F3N4S. The predicted octanol–water partition coefficient (Wildman–Crippen LogP) is 5.02. The molecule has 0 spiro atoms. The van der Waals surface area contributed by atoms with Crippen LogP contribution in [0.1, 0.15) is 11.3 Å². The van der Waals surface area contributed by atoms with E-state index in [0.29, 0.717) is 11.4 Å². The number of halogens is 3. The van der Waals surface area contributed by atoms with Crippen molar-refractivity contribution in [3.8, 4) is 0 Å². The molecule has 0 aliphatic heterocycles. The third-order valence-electron chi connectivity index (χ3n) is 4.28. The minimum atomic E-state index is -4.33. The minimum Gasteiger partial charge on any atom is -0.324 e. The van der Waals surface area contributed by atoms with Crippen molar-refractivity contribution in [1.29, 1.82) is 0 Å². The normalized spacial score (nSPS) is 11.9. The van der Waals surface area contributed by atoms with Crippen LogP contribution < -0.4 is 10.0 Å². The standard InChI is InChI=1S/C21H23F3N4S/c1-28(2)13-12-25-14-17-9-6-15-4-3-5-19(20(15)26-17)27-29-18-10-7-16(8-11-18)21(22,23)24/h3-11,25,27H,12-14H2,1-2H3. The van der Waals surface area contributed by atoms with Crippen molar-refractivity contribution in [2.45, 2.75) is 17.6 Å². The van der Waals surface area contributed by atoms with Crippen molar-refractivity contribution < 1.29 is 13.2 Å². The van der Waals surface area contributed by atoms with E-state index in [-0.39, 0.29) is 0 Å². The van der Waals surface area contributed by atoms with Crippen molar-refractivity contribution in [3.05, 3.63) is 65.9 Å². The van der Waals surface area contributed by atoms with Gasteiger partial charge in [-0.2, -0.15) is 13.2 Å². The molecule has 0 saturated carbocycles. The summed E-state index contributed by atoms with van der Waals surface area (Å²) in [5.74, 6) is 0. The lowest BCUT2D eigenvalue weighted by Gasteiger charge is -2.12. The SMILES string of the molecule is CN(C)CCNCc1ccc2cccc(NSc3ccc(C(F)(F)F)cc3)c2n1. The molecule has 0 saturated heterocycles. The molecule has 0 radical (unpaired) electrons. The number of fused-ring (bicyclic) bond motifs is 1. The van der Waals surface area contributed by atoms with Gasteiger partial charge in [0.05, 0.1) is 22.5 Å². The molecule has 1 aromatic heterocycles. The van der Waals surface area contributed by atoms with E-state index in [1.165, 1.54) is 24.1 Å². The van der Waals surface area contributed by atoms with Gasteiger partial charge in [-0.15, -0.1) is 0 Å². The van der Waals surface area contributed by atoms with E-state index in [9.17, 15) is 13.2 Å². The fraction of sp³-hybridized carbons (Fsp3) is 0.286. The Labute approximate surface area is 172 Å². The smallest absolute Gasteiger partial charge is 0.324 e. The first-order valence-corrected chi connectivity index (χ1v) is 9.99. The zero-order chi connectivity index (χ0) is 20.9. The average Bonchev–Trinajstić information content (AvgIpc) is 2.69. The van der Waals surface area contributed by atoms with Gasteiger partial charge in [-0.05, 0) is 62.4 Å². The van der Waals surface area contributed by atoms with Crippen molar-refractivity contribution >= 4 is 28.5 Å². The van der Waals surface area contributed by atoms with Gasteiger partial charge < -0.3 is 14.9 Å². The van der Waals surface area contributed by atoms with Gasteiger partial charge in [0.2, 0.25) is 0 Å². The summed E-state index contributed by atoms with van der Waals surface area (Å²) in [5.41, 5.74) is 1.94. The second-order valence-electron chi connectivity index (χ2n) is 6.89. The van der Waals surface area contributed by atoms with Crippen LogP contribution in [0.3, 0.4) is 0 Å². The Hall–Kier alpha value is -2.29. The average molecular weight is 421 g/mol. The number of para-hydroxylation sites is 1. The Kier molecular flexibility index (Phi) is 7.00. The van der Waals surface area contributed by atoms with Crippen LogP contribution in [0.25, 0.3) is 10.9 Å². The van der Waals surface area contributed by atoms with Crippen molar-refractivity contribution in [1.82, 2.24) is 15.2 Å². The Morgan fingerprint density at radius 3 is 2.45 bits per heavy atom. The van der Waals surface area contributed by atoms with Crippen LogP contribution in [0.4, 0.5) is 18.9 Å². The predicted molar refractivity (Wildman–Crippen MR) is 113 cm³/mol. The molecule has 0 unspecified atom stereocenters. The van der Waals surface area contributed by atoms with Gasteiger partial charge in [0.25, 0.3) is 0 Å². The first kappa shape index (κ1) is 21.4. The van der Waals surface area contributed by atoms with E-state index in [0.717, 1.165) is 47.5 Å². The Morgan fingerprint density at radius 2 is 1.76 bits per heavy atom. The fourth-order valence-corrected chi connectivity index (χ4v) is 3.38. The summed E-state index contributed by atoms with van der Waals surface area (Å²) < 4.78 is 41.3. The van der Waals surface area contributed by atoms with Crippen molar-refractivity contribution in [2.75, 3.05) is 31.9 Å². The number of nitrogens with one attached hydrogen (secondary N) is 2. The molecule has 3 rings (SSSR count). The van der Waals surface area contributed by atoms with E-state index < -0.39 is 11.7 Å². The number of nitrogens with zero attached hydrogens (tertiary/aromatic N) is 2. The first-order valence-electron chi connectivity index (χ1n) is 9.17. The van der Waals surface area contributed by atoms with Crippen LogP contribution >= 0.6 is 11.9 Å². The quantitative estimate of drug-likeness (QED) is 0.395. The maximum atomic E-state index is 12.7.